The summed E-state index contributed by atoms with van der Waals surface area (Å²) in [6.45, 7) is 2.18. The molecule has 3 atom stereocenters. The number of hydrogen-bond acceptors (Lipinski definition) is 5. The van der Waals surface area contributed by atoms with Crippen molar-refractivity contribution in [3.63, 3.8) is 0 Å². The summed E-state index contributed by atoms with van der Waals surface area (Å²) in [5.74, 6) is 1.09. The number of sulfone groups is 1. The van der Waals surface area contributed by atoms with Gasteiger partial charge in [-0.1, -0.05) is 24.3 Å². The molecule has 0 saturated carbocycles. The number of ether oxygens (including phenoxy) is 2. The van der Waals surface area contributed by atoms with Gasteiger partial charge in [0.05, 0.1) is 11.8 Å². The fraction of sp³-hybridized carbons (Fsp3) is 0.400. The van der Waals surface area contributed by atoms with E-state index in [9.17, 15) is 12.8 Å². The minimum absolute atomic E-state index is 0.0249. The molecule has 0 aromatic heterocycles. The van der Waals surface area contributed by atoms with E-state index in [1.54, 1.807) is 12.1 Å². The maximum absolute atomic E-state index is 13.2. The zero-order valence-corrected chi connectivity index (χ0v) is 16.2. The predicted octanol–water partition coefficient (Wildman–Crippen LogP) is 2.60. The molecule has 1 heterocycles. The lowest BCUT2D eigenvalue weighted by Gasteiger charge is -2.34. The molecular formula is C20H24FNO4S. The zero-order valence-electron chi connectivity index (χ0n) is 15.4. The van der Waals surface area contributed by atoms with Crippen molar-refractivity contribution in [2.75, 3.05) is 18.6 Å². The molecular weight excluding hydrogens is 369 g/mol. The Morgan fingerprint density at radius 1 is 1.15 bits per heavy atom. The van der Waals surface area contributed by atoms with Crippen LogP contribution in [0.4, 0.5) is 4.39 Å². The van der Waals surface area contributed by atoms with Crippen LogP contribution in [0.25, 0.3) is 0 Å². The largest absolute Gasteiger partial charge is 0.486 e. The molecule has 0 bridgehead atoms. The average molecular weight is 393 g/mol. The maximum atomic E-state index is 13.2. The van der Waals surface area contributed by atoms with Gasteiger partial charge in [0.15, 0.2) is 11.5 Å². The SMILES string of the molecule is CC(CS(C)(=O)=O)NC(Cc1ccc(F)cc1)C1COc2ccccc2O1. The molecule has 27 heavy (non-hydrogen) atoms. The molecule has 7 heteroatoms. The van der Waals surface area contributed by atoms with E-state index >= 15 is 0 Å². The van der Waals surface area contributed by atoms with Crippen LogP contribution in [0.1, 0.15) is 12.5 Å². The second-order valence-electron chi connectivity index (χ2n) is 7.01. The highest BCUT2D eigenvalue weighted by molar-refractivity contribution is 7.90. The van der Waals surface area contributed by atoms with Gasteiger partial charge in [0.25, 0.3) is 0 Å². The molecule has 5 nitrogen and oxygen atoms in total. The Balaban J connectivity index is 1.77. The van der Waals surface area contributed by atoms with Crippen LogP contribution in [0, 0.1) is 5.82 Å². The highest BCUT2D eigenvalue weighted by Gasteiger charge is 2.30. The van der Waals surface area contributed by atoms with E-state index in [1.807, 2.05) is 31.2 Å². The third kappa shape index (κ3) is 5.68. The van der Waals surface area contributed by atoms with E-state index in [-0.39, 0.29) is 29.8 Å². The first kappa shape index (κ1) is 19.6. The number of hydrogen-bond donors (Lipinski definition) is 1. The molecule has 0 radical (unpaired) electrons. The molecule has 2 aromatic rings. The minimum atomic E-state index is -3.11. The van der Waals surface area contributed by atoms with Crippen LogP contribution in [0.2, 0.25) is 0 Å². The Morgan fingerprint density at radius 3 is 2.48 bits per heavy atom. The highest BCUT2D eigenvalue weighted by atomic mass is 32.2. The Hall–Kier alpha value is -2.12. The van der Waals surface area contributed by atoms with Crippen molar-refractivity contribution in [2.24, 2.45) is 0 Å². The van der Waals surface area contributed by atoms with Crippen LogP contribution >= 0.6 is 0 Å². The molecule has 2 aromatic carbocycles. The van der Waals surface area contributed by atoms with Crippen molar-refractivity contribution in [2.45, 2.75) is 31.5 Å². The van der Waals surface area contributed by atoms with Gasteiger partial charge in [0.2, 0.25) is 0 Å². The smallest absolute Gasteiger partial charge is 0.161 e. The van der Waals surface area contributed by atoms with Crippen LogP contribution in [-0.4, -0.2) is 45.2 Å². The molecule has 3 rings (SSSR count). The predicted molar refractivity (Wildman–Crippen MR) is 103 cm³/mol. The molecule has 0 saturated heterocycles. The molecule has 1 N–H and O–H groups in total. The van der Waals surface area contributed by atoms with Crippen LogP contribution < -0.4 is 14.8 Å². The van der Waals surface area contributed by atoms with Gasteiger partial charge in [0.1, 0.15) is 28.4 Å². The zero-order chi connectivity index (χ0) is 19.4. The lowest BCUT2D eigenvalue weighted by atomic mass is 10.00. The van der Waals surface area contributed by atoms with Crippen molar-refractivity contribution >= 4 is 9.84 Å². The van der Waals surface area contributed by atoms with Crippen molar-refractivity contribution in [3.05, 3.63) is 59.9 Å². The summed E-state index contributed by atoms with van der Waals surface area (Å²) in [5.41, 5.74) is 0.933. The van der Waals surface area contributed by atoms with Crippen LogP contribution in [-0.2, 0) is 16.3 Å². The van der Waals surface area contributed by atoms with Crippen LogP contribution in [0.3, 0.4) is 0 Å². The number of benzene rings is 2. The first-order chi connectivity index (χ1) is 12.8. The summed E-state index contributed by atoms with van der Waals surface area (Å²) >= 11 is 0. The van der Waals surface area contributed by atoms with Gasteiger partial charge in [0, 0.05) is 12.3 Å². The summed E-state index contributed by atoms with van der Waals surface area (Å²) in [5, 5.41) is 3.36. The standard InChI is InChI=1S/C20H24FNO4S/c1-14(13-27(2,23)24)22-17(11-15-7-9-16(21)10-8-15)20-12-25-18-5-3-4-6-19(18)26-20/h3-10,14,17,20,22H,11-13H2,1-2H3. The summed E-state index contributed by atoms with van der Waals surface area (Å²) in [4.78, 5) is 0. The van der Waals surface area contributed by atoms with Crippen LogP contribution in [0.5, 0.6) is 11.5 Å². The van der Waals surface area contributed by atoms with Gasteiger partial charge in [-0.05, 0) is 43.2 Å². The van der Waals surface area contributed by atoms with E-state index in [0.29, 0.717) is 24.5 Å². The lowest BCUT2D eigenvalue weighted by molar-refractivity contribution is 0.0596. The van der Waals surface area contributed by atoms with E-state index in [1.165, 1.54) is 18.4 Å². The van der Waals surface area contributed by atoms with Gasteiger partial charge >= 0.3 is 0 Å². The molecule has 0 amide bonds. The number of para-hydroxylation sites is 2. The van der Waals surface area contributed by atoms with Crippen LogP contribution in [0.15, 0.2) is 48.5 Å². The maximum Gasteiger partial charge on any atom is 0.161 e. The third-order valence-electron chi connectivity index (χ3n) is 4.40. The van der Waals surface area contributed by atoms with Gasteiger partial charge in [-0.3, -0.25) is 0 Å². The fourth-order valence-corrected chi connectivity index (χ4v) is 4.28. The first-order valence-electron chi connectivity index (χ1n) is 8.87. The summed E-state index contributed by atoms with van der Waals surface area (Å²) in [7, 11) is -3.11. The number of halogens is 1. The van der Waals surface area contributed by atoms with Gasteiger partial charge in [-0.15, -0.1) is 0 Å². The van der Waals surface area contributed by atoms with Gasteiger partial charge < -0.3 is 14.8 Å². The number of fused-ring (bicyclic) bond motifs is 1. The first-order valence-corrected chi connectivity index (χ1v) is 10.9. The molecule has 1 aliphatic heterocycles. The average Bonchev–Trinajstić information content (AvgIpc) is 2.61. The molecule has 0 aliphatic carbocycles. The molecule has 146 valence electrons. The molecule has 3 unspecified atom stereocenters. The molecule has 0 fully saturated rings. The number of rotatable bonds is 7. The van der Waals surface area contributed by atoms with Gasteiger partial charge in [-0.2, -0.15) is 0 Å². The lowest BCUT2D eigenvalue weighted by Crippen LogP contribution is -2.53. The van der Waals surface area contributed by atoms with E-state index in [0.717, 1.165) is 5.56 Å². The quantitative estimate of drug-likeness (QED) is 0.783. The minimum Gasteiger partial charge on any atom is -0.486 e. The van der Waals surface area contributed by atoms with E-state index < -0.39 is 9.84 Å². The Labute approximate surface area is 159 Å². The van der Waals surface area contributed by atoms with E-state index in [2.05, 4.69) is 5.32 Å². The van der Waals surface area contributed by atoms with Crippen molar-refractivity contribution in [1.29, 1.82) is 0 Å². The van der Waals surface area contributed by atoms with Crippen molar-refractivity contribution < 1.29 is 22.3 Å². The number of nitrogens with one attached hydrogen (secondary N) is 1. The topological polar surface area (TPSA) is 64.6 Å². The Morgan fingerprint density at radius 2 is 1.81 bits per heavy atom. The fourth-order valence-electron chi connectivity index (χ4n) is 3.27. The summed E-state index contributed by atoms with van der Waals surface area (Å²) in [6, 6.07) is 13.3. The second-order valence-corrected chi connectivity index (χ2v) is 9.20. The monoisotopic (exact) mass is 393 g/mol. The molecule has 0 spiro atoms. The molecule has 1 aliphatic rings. The summed E-state index contributed by atoms with van der Waals surface area (Å²) < 4.78 is 48.4. The van der Waals surface area contributed by atoms with Crippen molar-refractivity contribution in [1.82, 2.24) is 5.32 Å². The van der Waals surface area contributed by atoms with Gasteiger partial charge in [-0.25, -0.2) is 12.8 Å². The normalized spacial score (nSPS) is 18.7. The third-order valence-corrected chi connectivity index (χ3v) is 5.51. The van der Waals surface area contributed by atoms with E-state index in [4.69, 9.17) is 9.47 Å². The van der Waals surface area contributed by atoms with Crippen molar-refractivity contribution in [3.8, 4) is 11.5 Å². The Kier molecular flexibility index (Phi) is 6.01. The second kappa shape index (κ2) is 8.27. The highest BCUT2D eigenvalue weighted by Crippen LogP contribution is 2.32. The Bertz CT molecular complexity index is 870. The summed E-state index contributed by atoms with van der Waals surface area (Å²) in [6.07, 6.45) is 1.48.